The Morgan fingerprint density at radius 1 is 0.971 bits per heavy atom. The number of hydrogen-bond donors (Lipinski definition) is 1. The van der Waals surface area contributed by atoms with Gasteiger partial charge in [0.25, 0.3) is 5.91 Å². The number of carbonyl (C=O) groups excluding carboxylic acids is 1. The topological polar surface area (TPSA) is 71.0 Å². The molecule has 0 saturated carbocycles. The van der Waals surface area contributed by atoms with Gasteiger partial charge in [0.2, 0.25) is 0 Å². The molecular weight excluding hydrogens is 443 g/mol. The number of nitrogens with one attached hydrogen (secondary N) is 1. The van der Waals surface area contributed by atoms with Gasteiger partial charge in [-0.1, -0.05) is 12.1 Å². The zero-order valence-electron chi connectivity index (χ0n) is 18.3. The average molecular weight is 463 g/mol. The zero-order valence-corrected chi connectivity index (χ0v) is 18.3. The molecule has 1 N–H and O–H groups in total. The molecule has 172 valence electrons. The number of benzene rings is 2. The van der Waals surface area contributed by atoms with E-state index in [0.29, 0.717) is 22.8 Å². The summed E-state index contributed by atoms with van der Waals surface area (Å²) in [5, 5.41) is 3.25. The molecule has 0 unspecified atom stereocenters. The molecule has 0 spiro atoms. The average Bonchev–Trinajstić information content (AvgIpc) is 2.85. The lowest BCUT2D eigenvalue weighted by Crippen LogP contribution is -2.26. The lowest BCUT2D eigenvalue weighted by Gasteiger charge is -2.20. The Kier molecular flexibility index (Phi) is 6.27. The van der Waals surface area contributed by atoms with E-state index in [-0.39, 0.29) is 5.69 Å². The molecule has 0 aliphatic heterocycles. The summed E-state index contributed by atoms with van der Waals surface area (Å²) in [5.41, 5.74) is 2.57. The molecule has 0 atom stereocenters. The summed E-state index contributed by atoms with van der Waals surface area (Å²) in [7, 11) is 1.44. The Morgan fingerprint density at radius 3 is 2.53 bits per heavy atom. The first-order valence-corrected chi connectivity index (χ1v) is 10.3. The van der Waals surface area contributed by atoms with Crippen molar-refractivity contribution >= 4 is 23.1 Å². The highest BCUT2D eigenvalue weighted by Gasteiger charge is 2.31. The fraction of sp³-hybridized carbons (Fsp3) is 0.120. The van der Waals surface area contributed by atoms with Gasteiger partial charge in [0.15, 0.2) is 0 Å². The molecule has 2 heterocycles. The maximum Gasteiger partial charge on any atom is 0.416 e. The smallest absolute Gasteiger partial charge is 0.339 e. The van der Waals surface area contributed by atoms with Crippen molar-refractivity contribution in [2.45, 2.75) is 13.1 Å². The van der Waals surface area contributed by atoms with Crippen molar-refractivity contribution in [2.75, 3.05) is 17.3 Å². The molecule has 0 bridgehead atoms. The molecule has 2 aromatic heterocycles. The molecule has 0 fully saturated rings. The van der Waals surface area contributed by atoms with Gasteiger partial charge >= 0.3 is 6.18 Å². The number of rotatable bonds is 5. The van der Waals surface area contributed by atoms with Crippen LogP contribution in [0, 0.1) is 6.92 Å². The number of aryl methyl sites for hydroxylation is 1. The van der Waals surface area contributed by atoms with Crippen LogP contribution in [0.15, 0.2) is 79.4 Å². The maximum atomic E-state index is 13.1. The monoisotopic (exact) mass is 463 g/mol. The van der Waals surface area contributed by atoms with Gasteiger partial charge in [-0.2, -0.15) is 13.2 Å². The van der Waals surface area contributed by atoms with Gasteiger partial charge in [0, 0.05) is 41.9 Å². The Labute approximate surface area is 194 Å². The van der Waals surface area contributed by atoms with E-state index >= 15 is 0 Å². The number of alkyl halides is 3. The van der Waals surface area contributed by atoms with Gasteiger partial charge in [0.1, 0.15) is 12.1 Å². The maximum absolute atomic E-state index is 13.1. The van der Waals surface area contributed by atoms with Crippen molar-refractivity contribution in [1.82, 2.24) is 15.0 Å². The highest BCUT2D eigenvalue weighted by Crippen LogP contribution is 2.32. The van der Waals surface area contributed by atoms with Gasteiger partial charge in [-0.15, -0.1) is 0 Å². The summed E-state index contributed by atoms with van der Waals surface area (Å²) in [6.45, 7) is 1.88. The number of pyridine rings is 1. The van der Waals surface area contributed by atoms with Crippen LogP contribution in [-0.4, -0.2) is 27.9 Å². The second kappa shape index (κ2) is 9.30. The standard InChI is InChI=1S/C25H20F3N5O/c1-16-8-9-17(24(34)33(2)19-6-3-5-18(14-19)25(26,27)28)13-22(16)32-23-20(7-4-11-30-23)21-10-12-29-15-31-21/h3-15H,1-2H3,(H,30,32). The van der Waals surface area contributed by atoms with Crippen molar-refractivity contribution in [2.24, 2.45) is 0 Å². The third-order valence-electron chi connectivity index (χ3n) is 5.27. The van der Waals surface area contributed by atoms with Gasteiger partial charge in [-0.3, -0.25) is 4.79 Å². The molecule has 1 amide bonds. The molecule has 9 heteroatoms. The second-order valence-corrected chi connectivity index (χ2v) is 7.56. The Hall–Kier alpha value is -4.27. The Morgan fingerprint density at radius 2 is 1.79 bits per heavy atom. The van der Waals surface area contributed by atoms with E-state index in [1.165, 1.54) is 30.4 Å². The summed E-state index contributed by atoms with van der Waals surface area (Å²) < 4.78 is 39.3. The van der Waals surface area contributed by atoms with Crippen molar-refractivity contribution in [3.05, 3.63) is 96.1 Å². The number of carbonyl (C=O) groups is 1. The fourth-order valence-electron chi connectivity index (χ4n) is 3.38. The van der Waals surface area contributed by atoms with E-state index in [2.05, 4.69) is 20.3 Å². The number of hydrogen-bond acceptors (Lipinski definition) is 5. The summed E-state index contributed by atoms with van der Waals surface area (Å²) in [6, 6.07) is 15.1. The second-order valence-electron chi connectivity index (χ2n) is 7.56. The van der Waals surface area contributed by atoms with Crippen LogP contribution in [0.5, 0.6) is 0 Å². The number of anilines is 3. The number of halogens is 3. The molecule has 0 aliphatic carbocycles. The van der Waals surface area contributed by atoms with E-state index in [0.717, 1.165) is 23.3 Å². The fourth-order valence-corrected chi connectivity index (χ4v) is 3.38. The summed E-state index contributed by atoms with van der Waals surface area (Å²) in [6.07, 6.45) is 0.219. The normalized spacial score (nSPS) is 11.2. The van der Waals surface area contributed by atoms with Gasteiger partial charge in [-0.05, 0) is 61.0 Å². The van der Waals surface area contributed by atoms with Crippen LogP contribution in [-0.2, 0) is 6.18 Å². The molecule has 0 radical (unpaired) electrons. The molecule has 0 aliphatic rings. The van der Waals surface area contributed by atoms with Crippen LogP contribution in [0.3, 0.4) is 0 Å². The third kappa shape index (κ3) is 4.88. The number of nitrogens with zero attached hydrogens (tertiary/aromatic N) is 4. The minimum atomic E-state index is -4.50. The highest BCUT2D eigenvalue weighted by atomic mass is 19.4. The molecule has 0 saturated heterocycles. The molecule has 4 aromatic rings. The lowest BCUT2D eigenvalue weighted by molar-refractivity contribution is -0.137. The summed E-state index contributed by atoms with van der Waals surface area (Å²) in [5.74, 6) is 0.0968. The minimum absolute atomic E-state index is 0.144. The van der Waals surface area contributed by atoms with Gasteiger partial charge < -0.3 is 10.2 Å². The van der Waals surface area contributed by atoms with Crippen molar-refractivity contribution in [1.29, 1.82) is 0 Å². The van der Waals surface area contributed by atoms with Crippen LogP contribution >= 0.6 is 0 Å². The molecule has 6 nitrogen and oxygen atoms in total. The first-order chi connectivity index (χ1) is 16.2. The van der Waals surface area contributed by atoms with E-state index in [1.807, 2.05) is 13.0 Å². The first-order valence-electron chi connectivity index (χ1n) is 10.3. The minimum Gasteiger partial charge on any atom is -0.339 e. The Bertz CT molecular complexity index is 1330. The molecule has 34 heavy (non-hydrogen) atoms. The van der Waals surface area contributed by atoms with E-state index < -0.39 is 17.6 Å². The quantitative estimate of drug-likeness (QED) is 0.400. The summed E-state index contributed by atoms with van der Waals surface area (Å²) in [4.78, 5) is 26.9. The van der Waals surface area contributed by atoms with Crippen LogP contribution in [0.25, 0.3) is 11.3 Å². The van der Waals surface area contributed by atoms with E-state index in [9.17, 15) is 18.0 Å². The highest BCUT2D eigenvalue weighted by molar-refractivity contribution is 6.06. The van der Waals surface area contributed by atoms with Crippen LogP contribution in [0.4, 0.5) is 30.4 Å². The molecule has 4 rings (SSSR count). The van der Waals surface area contributed by atoms with Crippen molar-refractivity contribution in [3.63, 3.8) is 0 Å². The molecular formula is C25H20F3N5O. The Balaban J connectivity index is 1.63. The van der Waals surface area contributed by atoms with Crippen molar-refractivity contribution in [3.8, 4) is 11.3 Å². The SMILES string of the molecule is Cc1ccc(C(=O)N(C)c2cccc(C(F)(F)F)c2)cc1Nc1ncccc1-c1ccncn1. The van der Waals surface area contributed by atoms with E-state index in [4.69, 9.17) is 0 Å². The molecule has 2 aromatic carbocycles. The van der Waals surface area contributed by atoms with Gasteiger partial charge in [-0.25, -0.2) is 15.0 Å². The predicted octanol–water partition coefficient (Wildman–Crippen LogP) is 5.89. The van der Waals surface area contributed by atoms with E-state index in [1.54, 1.807) is 42.7 Å². The third-order valence-corrected chi connectivity index (χ3v) is 5.27. The van der Waals surface area contributed by atoms with Crippen LogP contribution < -0.4 is 10.2 Å². The summed E-state index contributed by atoms with van der Waals surface area (Å²) >= 11 is 0. The number of aromatic nitrogens is 3. The zero-order chi connectivity index (χ0) is 24.3. The lowest BCUT2D eigenvalue weighted by atomic mass is 10.1. The number of amides is 1. The van der Waals surface area contributed by atoms with Crippen LogP contribution in [0.1, 0.15) is 21.5 Å². The predicted molar refractivity (Wildman–Crippen MR) is 124 cm³/mol. The van der Waals surface area contributed by atoms with Crippen molar-refractivity contribution < 1.29 is 18.0 Å². The first kappa shape index (κ1) is 22.9. The van der Waals surface area contributed by atoms with Crippen LogP contribution in [0.2, 0.25) is 0 Å². The largest absolute Gasteiger partial charge is 0.416 e. The van der Waals surface area contributed by atoms with Gasteiger partial charge in [0.05, 0.1) is 11.3 Å².